The summed E-state index contributed by atoms with van der Waals surface area (Å²) < 4.78 is 10.5. The Morgan fingerprint density at radius 3 is 2.34 bits per heavy atom. The Balaban J connectivity index is 1.50. The van der Waals surface area contributed by atoms with Crippen LogP contribution in [0.25, 0.3) is 0 Å². The van der Waals surface area contributed by atoms with Gasteiger partial charge in [-0.2, -0.15) is 0 Å². The van der Waals surface area contributed by atoms with E-state index in [1.165, 1.54) is 18.0 Å². The fourth-order valence-corrected chi connectivity index (χ4v) is 2.77. The van der Waals surface area contributed by atoms with Gasteiger partial charge in [0.15, 0.2) is 11.5 Å². The van der Waals surface area contributed by atoms with E-state index in [-0.39, 0.29) is 5.91 Å². The van der Waals surface area contributed by atoms with Gasteiger partial charge >= 0.3 is 0 Å². The van der Waals surface area contributed by atoms with Crippen LogP contribution in [0.2, 0.25) is 0 Å². The van der Waals surface area contributed by atoms with E-state index in [0.29, 0.717) is 29.6 Å². The monoisotopic (exact) mass is 392 g/mol. The molecule has 2 aromatic carbocycles. The van der Waals surface area contributed by atoms with Gasteiger partial charge in [0.2, 0.25) is 5.95 Å². The highest BCUT2D eigenvalue weighted by molar-refractivity contribution is 5.93. The van der Waals surface area contributed by atoms with Crippen molar-refractivity contribution in [2.45, 2.75) is 13.0 Å². The topological polar surface area (TPSA) is 85.4 Å². The summed E-state index contributed by atoms with van der Waals surface area (Å²) in [6.45, 7) is 1.07. The molecule has 1 amide bonds. The number of aromatic nitrogens is 2. The van der Waals surface area contributed by atoms with Crippen LogP contribution in [0, 0.1) is 0 Å². The summed E-state index contributed by atoms with van der Waals surface area (Å²) in [6, 6.07) is 15.7. The van der Waals surface area contributed by atoms with Crippen molar-refractivity contribution >= 4 is 11.9 Å². The molecule has 0 spiro atoms. The van der Waals surface area contributed by atoms with Crippen molar-refractivity contribution < 1.29 is 14.3 Å². The van der Waals surface area contributed by atoms with Gasteiger partial charge in [0.25, 0.3) is 5.91 Å². The Morgan fingerprint density at radius 1 is 0.931 bits per heavy atom. The van der Waals surface area contributed by atoms with Gasteiger partial charge in [-0.15, -0.1) is 0 Å². The van der Waals surface area contributed by atoms with Crippen LogP contribution in [-0.2, 0) is 13.0 Å². The third kappa shape index (κ3) is 5.68. The highest BCUT2D eigenvalue weighted by atomic mass is 16.5. The second kappa shape index (κ2) is 10.1. The number of benzene rings is 2. The maximum Gasteiger partial charge on any atom is 0.254 e. The third-order valence-electron chi connectivity index (χ3n) is 4.35. The molecule has 29 heavy (non-hydrogen) atoms. The van der Waals surface area contributed by atoms with Crippen LogP contribution in [0.15, 0.2) is 60.9 Å². The molecule has 0 aliphatic heterocycles. The van der Waals surface area contributed by atoms with Crippen LogP contribution >= 0.6 is 0 Å². The largest absolute Gasteiger partial charge is 0.493 e. The van der Waals surface area contributed by atoms with E-state index in [4.69, 9.17) is 9.47 Å². The van der Waals surface area contributed by atoms with Crippen LogP contribution in [-0.4, -0.2) is 36.6 Å². The molecule has 0 aliphatic carbocycles. The van der Waals surface area contributed by atoms with Crippen molar-refractivity contribution in [1.29, 1.82) is 0 Å². The Labute approximate surface area is 170 Å². The van der Waals surface area contributed by atoms with Gasteiger partial charge in [0, 0.05) is 25.5 Å². The molecule has 0 aliphatic rings. The van der Waals surface area contributed by atoms with Gasteiger partial charge in [0.05, 0.1) is 19.8 Å². The molecule has 0 fully saturated rings. The summed E-state index contributed by atoms with van der Waals surface area (Å²) in [5.41, 5.74) is 2.54. The number of carbonyl (C=O) groups excluding carboxylic acids is 1. The summed E-state index contributed by atoms with van der Waals surface area (Å²) in [5, 5.41) is 6.01. The summed E-state index contributed by atoms with van der Waals surface area (Å²) in [5.74, 6) is 1.52. The molecular formula is C22H24N4O3. The quantitative estimate of drug-likeness (QED) is 0.582. The first kappa shape index (κ1) is 20.1. The molecule has 7 nitrogen and oxygen atoms in total. The van der Waals surface area contributed by atoms with Gasteiger partial charge in [-0.25, -0.2) is 9.97 Å². The van der Waals surface area contributed by atoms with Crippen LogP contribution < -0.4 is 20.1 Å². The molecule has 0 saturated heterocycles. The normalized spacial score (nSPS) is 10.3. The molecule has 1 aromatic heterocycles. The molecule has 0 bridgehead atoms. The first-order chi connectivity index (χ1) is 14.2. The summed E-state index contributed by atoms with van der Waals surface area (Å²) in [6.07, 6.45) is 3.90. The SMILES string of the molecule is COc1ccc(CNC(=O)c2cnc(NCCc3ccccc3)nc2)cc1OC. The number of anilines is 1. The van der Waals surface area contributed by atoms with Crippen molar-refractivity contribution in [3.8, 4) is 11.5 Å². The van der Waals surface area contributed by atoms with E-state index in [9.17, 15) is 4.79 Å². The number of rotatable bonds is 9. The summed E-state index contributed by atoms with van der Waals surface area (Å²) in [4.78, 5) is 20.8. The van der Waals surface area contributed by atoms with Crippen molar-refractivity contribution in [2.24, 2.45) is 0 Å². The Bertz CT molecular complexity index is 931. The molecular weight excluding hydrogens is 368 g/mol. The minimum atomic E-state index is -0.240. The van der Waals surface area contributed by atoms with Crippen LogP contribution in [0.1, 0.15) is 21.5 Å². The molecule has 3 rings (SSSR count). The number of methoxy groups -OCH3 is 2. The van der Waals surface area contributed by atoms with Gasteiger partial charge < -0.3 is 20.1 Å². The zero-order valence-electron chi connectivity index (χ0n) is 16.5. The lowest BCUT2D eigenvalue weighted by molar-refractivity contribution is 0.0950. The molecule has 1 heterocycles. The highest BCUT2D eigenvalue weighted by Crippen LogP contribution is 2.27. The second-order valence-electron chi connectivity index (χ2n) is 6.33. The molecule has 0 saturated carbocycles. The lowest BCUT2D eigenvalue weighted by Gasteiger charge is -2.10. The predicted octanol–water partition coefficient (Wildman–Crippen LogP) is 3.08. The minimum absolute atomic E-state index is 0.240. The number of amides is 1. The van der Waals surface area contributed by atoms with Crippen molar-refractivity contribution in [3.63, 3.8) is 0 Å². The predicted molar refractivity (Wildman–Crippen MR) is 111 cm³/mol. The van der Waals surface area contributed by atoms with E-state index < -0.39 is 0 Å². The van der Waals surface area contributed by atoms with Gasteiger partial charge in [-0.05, 0) is 29.7 Å². The summed E-state index contributed by atoms with van der Waals surface area (Å²) >= 11 is 0. The van der Waals surface area contributed by atoms with Crippen molar-refractivity contribution in [2.75, 3.05) is 26.1 Å². The van der Waals surface area contributed by atoms with E-state index in [1.54, 1.807) is 20.3 Å². The van der Waals surface area contributed by atoms with Crippen LogP contribution in [0.3, 0.4) is 0 Å². The zero-order chi connectivity index (χ0) is 20.5. The third-order valence-corrected chi connectivity index (χ3v) is 4.35. The molecule has 0 unspecified atom stereocenters. The van der Waals surface area contributed by atoms with Crippen LogP contribution in [0.4, 0.5) is 5.95 Å². The highest BCUT2D eigenvalue weighted by Gasteiger charge is 2.09. The number of nitrogens with one attached hydrogen (secondary N) is 2. The molecule has 2 N–H and O–H groups in total. The molecule has 0 atom stereocenters. The standard InChI is InChI=1S/C22H24N4O3/c1-28-19-9-8-17(12-20(19)29-2)13-24-21(27)18-14-25-22(26-15-18)23-11-10-16-6-4-3-5-7-16/h3-9,12,14-15H,10-11,13H2,1-2H3,(H,24,27)(H,23,25,26). The average molecular weight is 392 g/mol. The van der Waals surface area contributed by atoms with Gasteiger partial charge in [-0.3, -0.25) is 4.79 Å². The van der Waals surface area contributed by atoms with E-state index in [1.807, 2.05) is 30.3 Å². The fourth-order valence-electron chi connectivity index (χ4n) is 2.77. The Hall–Kier alpha value is -3.61. The molecule has 0 radical (unpaired) electrons. The number of hydrogen-bond donors (Lipinski definition) is 2. The van der Waals surface area contributed by atoms with E-state index in [0.717, 1.165) is 18.5 Å². The number of nitrogens with zero attached hydrogens (tertiary/aromatic N) is 2. The number of carbonyl (C=O) groups is 1. The Kier molecular flexibility index (Phi) is 7.00. The Morgan fingerprint density at radius 2 is 1.66 bits per heavy atom. The minimum Gasteiger partial charge on any atom is -0.493 e. The number of hydrogen-bond acceptors (Lipinski definition) is 6. The summed E-state index contributed by atoms with van der Waals surface area (Å²) in [7, 11) is 3.16. The average Bonchev–Trinajstić information content (AvgIpc) is 2.78. The smallest absolute Gasteiger partial charge is 0.254 e. The first-order valence-corrected chi connectivity index (χ1v) is 9.28. The van der Waals surface area contributed by atoms with Crippen LogP contribution in [0.5, 0.6) is 11.5 Å². The maximum absolute atomic E-state index is 12.3. The first-order valence-electron chi connectivity index (χ1n) is 9.28. The molecule has 150 valence electrons. The van der Waals surface area contributed by atoms with Gasteiger partial charge in [0.1, 0.15) is 0 Å². The molecule has 3 aromatic rings. The fraction of sp³-hybridized carbons (Fsp3) is 0.227. The van der Waals surface area contributed by atoms with Crippen molar-refractivity contribution in [1.82, 2.24) is 15.3 Å². The zero-order valence-corrected chi connectivity index (χ0v) is 16.5. The second-order valence-corrected chi connectivity index (χ2v) is 6.33. The molecule has 7 heteroatoms. The maximum atomic E-state index is 12.3. The van der Waals surface area contributed by atoms with Crippen molar-refractivity contribution in [3.05, 3.63) is 77.6 Å². The van der Waals surface area contributed by atoms with E-state index >= 15 is 0 Å². The lowest BCUT2D eigenvalue weighted by atomic mass is 10.1. The van der Waals surface area contributed by atoms with E-state index in [2.05, 4.69) is 32.7 Å². The van der Waals surface area contributed by atoms with Gasteiger partial charge in [-0.1, -0.05) is 36.4 Å². The lowest BCUT2D eigenvalue weighted by Crippen LogP contribution is -2.23. The number of ether oxygens (including phenoxy) is 2.